The summed E-state index contributed by atoms with van der Waals surface area (Å²) in [6.45, 7) is 0.636. The van der Waals surface area contributed by atoms with Crippen molar-refractivity contribution >= 4 is 5.97 Å². The molecule has 1 aliphatic carbocycles. The van der Waals surface area contributed by atoms with E-state index < -0.39 is 11.4 Å². The van der Waals surface area contributed by atoms with Crippen molar-refractivity contribution in [3.8, 4) is 0 Å². The van der Waals surface area contributed by atoms with Crippen LogP contribution < -0.4 is 0 Å². The van der Waals surface area contributed by atoms with E-state index in [9.17, 15) is 9.90 Å². The molecular weight excluding hydrogens is 168 g/mol. The van der Waals surface area contributed by atoms with Gasteiger partial charge in [-0.1, -0.05) is 19.3 Å². The molecule has 1 heterocycles. The van der Waals surface area contributed by atoms with Crippen LogP contribution in [0.25, 0.3) is 0 Å². The Morgan fingerprint density at radius 1 is 1.31 bits per heavy atom. The fourth-order valence-electron chi connectivity index (χ4n) is 2.65. The number of rotatable bonds is 1. The van der Waals surface area contributed by atoms with Gasteiger partial charge in [-0.25, -0.2) is 0 Å². The lowest BCUT2D eigenvalue weighted by Crippen LogP contribution is -2.38. The van der Waals surface area contributed by atoms with Gasteiger partial charge in [-0.15, -0.1) is 0 Å². The van der Waals surface area contributed by atoms with E-state index in [1.807, 2.05) is 0 Å². The summed E-state index contributed by atoms with van der Waals surface area (Å²) in [5, 5.41) is 9.24. The molecule has 0 aromatic carbocycles. The molecule has 1 aliphatic heterocycles. The van der Waals surface area contributed by atoms with Crippen molar-refractivity contribution in [3.05, 3.63) is 0 Å². The molecule has 3 nitrogen and oxygen atoms in total. The van der Waals surface area contributed by atoms with E-state index in [1.54, 1.807) is 0 Å². The minimum absolute atomic E-state index is 0.00694. The van der Waals surface area contributed by atoms with Crippen LogP contribution in [-0.4, -0.2) is 23.8 Å². The van der Waals surface area contributed by atoms with Crippen molar-refractivity contribution in [1.29, 1.82) is 0 Å². The van der Waals surface area contributed by atoms with E-state index in [-0.39, 0.29) is 6.10 Å². The molecule has 2 atom stereocenters. The minimum atomic E-state index is -0.642. The summed E-state index contributed by atoms with van der Waals surface area (Å²) in [5.41, 5.74) is -0.531. The monoisotopic (exact) mass is 184 g/mol. The van der Waals surface area contributed by atoms with Gasteiger partial charge in [-0.05, 0) is 19.3 Å². The Morgan fingerprint density at radius 3 is 2.92 bits per heavy atom. The maximum atomic E-state index is 11.2. The predicted molar refractivity (Wildman–Crippen MR) is 47.5 cm³/mol. The average molecular weight is 184 g/mol. The molecule has 0 aromatic heterocycles. The first-order valence-corrected chi connectivity index (χ1v) is 5.11. The molecule has 2 rings (SSSR count). The second-order valence-corrected chi connectivity index (χ2v) is 4.17. The van der Waals surface area contributed by atoms with Crippen LogP contribution in [0.5, 0.6) is 0 Å². The van der Waals surface area contributed by atoms with Crippen LogP contribution >= 0.6 is 0 Å². The lowest BCUT2D eigenvalue weighted by molar-refractivity contribution is -0.152. The van der Waals surface area contributed by atoms with Crippen LogP contribution in [0.4, 0.5) is 0 Å². The van der Waals surface area contributed by atoms with Crippen molar-refractivity contribution in [2.24, 2.45) is 5.41 Å². The zero-order chi connectivity index (χ0) is 9.31. The smallest absolute Gasteiger partial charge is 0.312 e. The first-order chi connectivity index (χ1) is 6.26. The van der Waals surface area contributed by atoms with E-state index in [2.05, 4.69) is 0 Å². The van der Waals surface area contributed by atoms with Crippen molar-refractivity contribution in [2.45, 2.75) is 44.6 Å². The fourth-order valence-corrected chi connectivity index (χ4v) is 2.65. The van der Waals surface area contributed by atoms with Crippen molar-refractivity contribution < 1.29 is 14.6 Å². The summed E-state index contributed by atoms with van der Waals surface area (Å²) in [6, 6.07) is 0. The fraction of sp³-hybridized carbons (Fsp3) is 0.900. The zero-order valence-electron chi connectivity index (χ0n) is 7.79. The topological polar surface area (TPSA) is 46.5 Å². The number of carbonyl (C=O) groups is 1. The number of carboxylic acid groups (broad SMARTS) is 1. The lowest BCUT2D eigenvalue weighted by Gasteiger charge is -2.27. The highest BCUT2D eigenvalue weighted by Gasteiger charge is 2.50. The Hall–Kier alpha value is -0.570. The molecule has 1 saturated heterocycles. The van der Waals surface area contributed by atoms with Gasteiger partial charge >= 0.3 is 5.97 Å². The Morgan fingerprint density at radius 2 is 2.15 bits per heavy atom. The second-order valence-electron chi connectivity index (χ2n) is 4.17. The molecule has 3 heteroatoms. The molecule has 1 saturated carbocycles. The third kappa shape index (κ3) is 1.35. The van der Waals surface area contributed by atoms with Crippen LogP contribution in [0.3, 0.4) is 0 Å². The van der Waals surface area contributed by atoms with Gasteiger partial charge in [0.15, 0.2) is 0 Å². The highest BCUT2D eigenvalue weighted by molar-refractivity contribution is 5.75. The molecule has 0 bridgehead atoms. The van der Waals surface area contributed by atoms with E-state index in [1.165, 1.54) is 0 Å². The van der Waals surface area contributed by atoms with Crippen LogP contribution in [0.15, 0.2) is 0 Å². The molecular formula is C10H16O3. The van der Waals surface area contributed by atoms with Gasteiger partial charge in [0.05, 0.1) is 11.5 Å². The summed E-state index contributed by atoms with van der Waals surface area (Å²) in [7, 11) is 0. The van der Waals surface area contributed by atoms with Gasteiger partial charge < -0.3 is 9.84 Å². The molecule has 74 valence electrons. The molecule has 0 aromatic rings. The third-order valence-corrected chi connectivity index (χ3v) is 3.50. The number of hydrogen-bond acceptors (Lipinski definition) is 2. The highest BCUT2D eigenvalue weighted by Crippen LogP contribution is 2.44. The molecule has 0 radical (unpaired) electrons. The molecule has 0 spiro atoms. The largest absolute Gasteiger partial charge is 0.481 e. The number of hydrogen-bond donors (Lipinski definition) is 1. The zero-order valence-corrected chi connectivity index (χ0v) is 7.79. The van der Waals surface area contributed by atoms with Crippen LogP contribution in [0.2, 0.25) is 0 Å². The van der Waals surface area contributed by atoms with Crippen LogP contribution in [0, 0.1) is 5.41 Å². The first kappa shape index (κ1) is 9.00. The number of aliphatic carboxylic acids is 1. The predicted octanol–water partition coefficient (Wildman–Crippen LogP) is 1.81. The van der Waals surface area contributed by atoms with Crippen LogP contribution in [0.1, 0.15) is 38.5 Å². The number of fused-ring (bicyclic) bond motifs is 1. The van der Waals surface area contributed by atoms with Gasteiger partial charge in [0.1, 0.15) is 0 Å². The Labute approximate surface area is 78.1 Å². The quantitative estimate of drug-likeness (QED) is 0.676. The molecule has 2 aliphatic rings. The highest BCUT2D eigenvalue weighted by atomic mass is 16.5. The summed E-state index contributed by atoms with van der Waals surface area (Å²) < 4.78 is 5.52. The van der Waals surface area contributed by atoms with Crippen LogP contribution in [-0.2, 0) is 9.53 Å². The average Bonchev–Trinajstić information content (AvgIpc) is 2.40. The second kappa shape index (κ2) is 3.29. The lowest BCUT2D eigenvalue weighted by atomic mass is 9.77. The van der Waals surface area contributed by atoms with Gasteiger partial charge in [0.2, 0.25) is 0 Å². The van der Waals surface area contributed by atoms with Crippen molar-refractivity contribution in [3.63, 3.8) is 0 Å². The summed E-state index contributed by atoms with van der Waals surface area (Å²) in [5.74, 6) is -0.642. The number of carboxylic acids is 1. The van der Waals surface area contributed by atoms with Gasteiger partial charge in [0.25, 0.3) is 0 Å². The third-order valence-electron chi connectivity index (χ3n) is 3.50. The summed E-state index contributed by atoms with van der Waals surface area (Å²) in [4.78, 5) is 11.2. The number of ether oxygens (including phenoxy) is 1. The van der Waals surface area contributed by atoms with Crippen molar-refractivity contribution in [2.75, 3.05) is 6.61 Å². The standard InChI is InChI=1S/C10H16O3/c11-9(12)10-5-3-1-2-4-8(10)13-7-6-10/h8H,1-7H2,(H,11,12)/t8-,10+/m1/s1. The minimum Gasteiger partial charge on any atom is -0.481 e. The molecule has 13 heavy (non-hydrogen) atoms. The van der Waals surface area contributed by atoms with Gasteiger partial charge in [-0.3, -0.25) is 4.79 Å². The maximum absolute atomic E-state index is 11.2. The molecule has 1 N–H and O–H groups in total. The Balaban J connectivity index is 2.22. The summed E-state index contributed by atoms with van der Waals surface area (Å²) in [6.07, 6.45) is 5.79. The molecule has 0 amide bonds. The van der Waals surface area contributed by atoms with Gasteiger partial charge in [-0.2, -0.15) is 0 Å². The van der Waals surface area contributed by atoms with E-state index >= 15 is 0 Å². The van der Waals surface area contributed by atoms with E-state index in [4.69, 9.17) is 4.74 Å². The maximum Gasteiger partial charge on any atom is 0.312 e. The Bertz CT molecular complexity index is 214. The Kier molecular flexibility index (Phi) is 2.28. The molecule has 2 fully saturated rings. The first-order valence-electron chi connectivity index (χ1n) is 5.11. The molecule has 0 unspecified atom stereocenters. The van der Waals surface area contributed by atoms with Crippen molar-refractivity contribution in [1.82, 2.24) is 0 Å². The van der Waals surface area contributed by atoms with E-state index in [0.29, 0.717) is 13.0 Å². The van der Waals surface area contributed by atoms with Gasteiger partial charge in [0, 0.05) is 6.61 Å². The SMILES string of the molecule is O=C(O)[C@]12CCCCC[C@H]1OCC2. The summed E-state index contributed by atoms with van der Waals surface area (Å²) >= 11 is 0. The normalized spacial score (nSPS) is 39.5. The van der Waals surface area contributed by atoms with E-state index in [0.717, 1.165) is 32.1 Å².